The molecule has 0 spiro atoms. The normalized spacial score (nSPS) is 28.1. The van der Waals surface area contributed by atoms with E-state index in [-0.39, 0.29) is 62.1 Å². The van der Waals surface area contributed by atoms with E-state index in [9.17, 15) is 16.3 Å². The van der Waals surface area contributed by atoms with Gasteiger partial charge >= 0.3 is 0 Å². The monoisotopic (exact) mass is 515 g/mol. The number of amides is 1. The number of carbonyl (C=O) groups excluding carboxylic acids is 1. The molecule has 3 aliphatic rings. The Morgan fingerprint density at radius 3 is 2.35 bits per heavy atom. The summed E-state index contributed by atoms with van der Waals surface area (Å²) in [4.78, 5) is 15.2. The second kappa shape index (κ2) is 10.8. The van der Waals surface area contributed by atoms with E-state index in [1.807, 2.05) is 37.3 Å². The molecule has 8 heteroatoms. The van der Waals surface area contributed by atoms with Gasteiger partial charge < -0.3 is 9.88 Å². The lowest BCUT2D eigenvalue weighted by Gasteiger charge is -2.40. The summed E-state index contributed by atoms with van der Waals surface area (Å²) in [6.45, 7) is 4.60. The van der Waals surface area contributed by atoms with E-state index in [0.29, 0.717) is 0 Å². The van der Waals surface area contributed by atoms with Gasteiger partial charge in [-0.3, -0.25) is 9.69 Å². The molecule has 2 aliphatic heterocycles. The molecule has 4 atom stereocenters. The molecule has 1 saturated carbocycles. The zero-order valence-corrected chi connectivity index (χ0v) is 22.2. The molecule has 3 heterocycles. The highest BCUT2D eigenvalue weighted by Crippen LogP contribution is 2.42. The first-order valence-corrected chi connectivity index (χ1v) is 13.9. The molecule has 1 unspecified atom stereocenters. The van der Waals surface area contributed by atoms with Crippen LogP contribution >= 0.6 is 0 Å². The van der Waals surface area contributed by atoms with E-state index < -0.39 is 24.4 Å². The summed E-state index contributed by atoms with van der Waals surface area (Å²) in [5.74, 6) is -1.25. The van der Waals surface area contributed by atoms with Gasteiger partial charge in [0.05, 0.1) is 6.04 Å². The minimum atomic E-state index is -2.69. The van der Waals surface area contributed by atoms with E-state index in [1.54, 1.807) is 0 Å². The van der Waals surface area contributed by atoms with Gasteiger partial charge in [0.1, 0.15) is 11.6 Å². The van der Waals surface area contributed by atoms with Gasteiger partial charge in [-0.2, -0.15) is 0 Å². The fourth-order valence-corrected chi connectivity index (χ4v) is 6.57. The second-order valence-corrected chi connectivity index (χ2v) is 11.5. The number of rotatable bonds is 8. The molecule has 2 saturated heterocycles. The van der Waals surface area contributed by atoms with Gasteiger partial charge in [-0.1, -0.05) is 44.2 Å². The molecule has 1 aliphatic carbocycles. The third-order valence-electron chi connectivity index (χ3n) is 8.57. The summed E-state index contributed by atoms with van der Waals surface area (Å²) in [6, 6.07) is 9.36. The van der Waals surface area contributed by atoms with Gasteiger partial charge in [0, 0.05) is 52.0 Å². The maximum Gasteiger partial charge on any atom is 0.248 e. The molecule has 1 aromatic heterocycles. The van der Waals surface area contributed by atoms with Crippen LogP contribution in [0, 0.1) is 12.8 Å². The van der Waals surface area contributed by atoms with Crippen LogP contribution in [0.3, 0.4) is 0 Å². The molecule has 37 heavy (non-hydrogen) atoms. The molecule has 6 nitrogen and oxygen atoms in total. The number of fused-ring (bicyclic) bond motifs is 2. The molecule has 202 valence electrons. The highest BCUT2D eigenvalue weighted by molar-refractivity contribution is 5.79. The Kier molecular flexibility index (Phi) is 6.93. The predicted octanol–water partition coefficient (Wildman–Crippen LogP) is 5.95. The summed E-state index contributed by atoms with van der Waals surface area (Å²) < 4.78 is 48.1. The number of nitrogens with zero attached hydrogens (tertiary/aromatic N) is 4. The molecule has 2 bridgehead atoms. The van der Waals surface area contributed by atoms with Crippen molar-refractivity contribution in [2.45, 2.75) is 115 Å². The Bertz CT molecular complexity index is 1130. The lowest BCUT2D eigenvalue weighted by molar-refractivity contribution is -0.130. The summed E-state index contributed by atoms with van der Waals surface area (Å²) in [5.41, 5.74) is 0.833. The van der Waals surface area contributed by atoms with Crippen molar-refractivity contribution in [3.05, 3.63) is 47.5 Å². The van der Waals surface area contributed by atoms with Crippen LogP contribution in [0.5, 0.6) is 0 Å². The average molecular weight is 516 g/mol. The van der Waals surface area contributed by atoms with Gasteiger partial charge in [0.25, 0.3) is 0 Å². The third-order valence-corrected chi connectivity index (χ3v) is 8.57. The highest BCUT2D eigenvalue weighted by atomic mass is 19.3. The van der Waals surface area contributed by atoms with Crippen LogP contribution in [0.1, 0.15) is 110 Å². The number of piperidine rings is 1. The van der Waals surface area contributed by atoms with Crippen LogP contribution in [-0.4, -0.2) is 50.1 Å². The van der Waals surface area contributed by atoms with Crippen molar-refractivity contribution in [2.75, 3.05) is 6.50 Å². The zero-order chi connectivity index (χ0) is 27.9. The summed E-state index contributed by atoms with van der Waals surface area (Å²) in [6.07, 6.45) is 3.44. The number of carbonyl (C=O) groups is 1. The second-order valence-electron chi connectivity index (χ2n) is 11.5. The zero-order valence-electron chi connectivity index (χ0n) is 24.2. The van der Waals surface area contributed by atoms with Crippen molar-refractivity contribution in [3.8, 4) is 0 Å². The van der Waals surface area contributed by atoms with Crippen LogP contribution in [0.15, 0.2) is 30.3 Å². The number of halogens is 2. The largest absolute Gasteiger partial charge is 0.349 e. The lowest BCUT2D eigenvalue weighted by atomic mass is 9.86. The Labute approximate surface area is 222 Å². The molecule has 1 amide bonds. The fourth-order valence-electron chi connectivity index (χ4n) is 6.57. The highest BCUT2D eigenvalue weighted by Gasteiger charge is 2.42. The number of hydrogen-bond acceptors (Lipinski definition) is 4. The topological polar surface area (TPSA) is 63.1 Å². The first-order valence-electron chi connectivity index (χ1n) is 14.9. The minimum Gasteiger partial charge on any atom is -0.349 e. The van der Waals surface area contributed by atoms with Crippen molar-refractivity contribution < 1.29 is 16.3 Å². The number of aromatic nitrogens is 3. The van der Waals surface area contributed by atoms with Crippen molar-refractivity contribution in [3.63, 3.8) is 0 Å². The Balaban J connectivity index is 1.32. The number of aryl methyl sites for hydroxylation is 1. The van der Waals surface area contributed by atoms with E-state index in [0.717, 1.165) is 42.9 Å². The van der Waals surface area contributed by atoms with Crippen molar-refractivity contribution in [1.82, 2.24) is 25.0 Å². The van der Waals surface area contributed by atoms with Crippen molar-refractivity contribution >= 4 is 5.91 Å². The molecule has 1 N–H and O–H groups in total. The third kappa shape index (κ3) is 5.74. The molecule has 5 rings (SSSR count). The maximum atomic E-state index is 13.7. The van der Waals surface area contributed by atoms with E-state index >= 15 is 0 Å². The Hall–Kier alpha value is -2.35. The number of hydrogen-bond donors (Lipinski definition) is 1. The smallest absolute Gasteiger partial charge is 0.248 e. The Morgan fingerprint density at radius 1 is 1.08 bits per heavy atom. The standard InChI is InChI=1S/C29H41F2N5O/c1-19(2)27-34-33-20(3)36(27)25-17-23-9-10-24(18-25)35(23)16-13-26(21-7-5-4-6-8-21)32-28(37)22-11-14-29(30,31)15-12-22/h4-8,19,22-26H,9-18H2,1-3H3,(H,32,37)/t23-,24+,25?,26-/m0/s1/i16D2. The lowest BCUT2D eigenvalue weighted by Crippen LogP contribution is -2.45. The number of benzene rings is 1. The maximum absolute atomic E-state index is 13.7. The first-order chi connectivity index (χ1) is 18.4. The van der Waals surface area contributed by atoms with Crippen LogP contribution in [0.4, 0.5) is 8.78 Å². The molecular weight excluding hydrogens is 472 g/mol. The van der Waals surface area contributed by atoms with Crippen LogP contribution in [-0.2, 0) is 4.79 Å². The minimum absolute atomic E-state index is 0.0956. The number of nitrogens with one attached hydrogen (secondary N) is 1. The van der Waals surface area contributed by atoms with Crippen LogP contribution in [0.2, 0.25) is 0 Å². The Morgan fingerprint density at radius 2 is 1.73 bits per heavy atom. The van der Waals surface area contributed by atoms with Crippen molar-refractivity contribution in [1.29, 1.82) is 0 Å². The summed E-state index contributed by atoms with van der Waals surface area (Å²) in [5, 5.41) is 11.8. The van der Waals surface area contributed by atoms with Crippen molar-refractivity contribution in [2.24, 2.45) is 5.92 Å². The summed E-state index contributed by atoms with van der Waals surface area (Å²) >= 11 is 0. The molecule has 0 radical (unpaired) electrons. The molecule has 2 aromatic rings. The molecule has 3 fully saturated rings. The SMILES string of the molecule is [2H]C([2H])(C[C@H](NC(=O)C1CCC(F)(F)CC1)c1ccccc1)N1[C@@H]2CC[C@H]1CC(n1c(C)nnc1C(C)C)C2. The summed E-state index contributed by atoms with van der Waals surface area (Å²) in [7, 11) is 0. The average Bonchev–Trinajstić information content (AvgIpc) is 3.41. The van der Waals surface area contributed by atoms with E-state index in [1.165, 1.54) is 0 Å². The van der Waals surface area contributed by atoms with Gasteiger partial charge in [0.15, 0.2) is 0 Å². The molecular formula is C29H41F2N5O. The van der Waals surface area contributed by atoms with E-state index in [2.05, 4.69) is 38.8 Å². The van der Waals surface area contributed by atoms with Crippen LogP contribution in [0.25, 0.3) is 0 Å². The van der Waals surface area contributed by atoms with Gasteiger partial charge in [-0.25, -0.2) is 8.78 Å². The van der Waals surface area contributed by atoms with Crippen LogP contribution < -0.4 is 5.32 Å². The fraction of sp³-hybridized carbons (Fsp3) is 0.690. The predicted molar refractivity (Wildman–Crippen MR) is 139 cm³/mol. The van der Waals surface area contributed by atoms with E-state index in [4.69, 9.17) is 0 Å². The van der Waals surface area contributed by atoms with Gasteiger partial charge in [-0.05, 0) is 57.4 Å². The molecule has 1 aromatic carbocycles. The van der Waals surface area contributed by atoms with Gasteiger partial charge in [0.2, 0.25) is 11.8 Å². The first kappa shape index (κ1) is 23.7. The number of alkyl halides is 2. The van der Waals surface area contributed by atoms with Gasteiger partial charge in [-0.15, -0.1) is 10.2 Å². The quantitative estimate of drug-likeness (QED) is 0.472.